The van der Waals surface area contributed by atoms with Crippen molar-refractivity contribution in [2.75, 3.05) is 12.1 Å². The topological polar surface area (TPSA) is 101 Å². The van der Waals surface area contributed by atoms with Crippen LogP contribution in [0.4, 0.5) is 5.69 Å². The molecule has 0 radical (unpaired) electrons. The summed E-state index contributed by atoms with van der Waals surface area (Å²) < 4.78 is 10.4. The van der Waals surface area contributed by atoms with Crippen molar-refractivity contribution < 1.29 is 24.2 Å². The van der Waals surface area contributed by atoms with Gasteiger partial charge >= 0.3 is 5.97 Å². The van der Waals surface area contributed by atoms with Crippen molar-refractivity contribution >= 4 is 17.6 Å². The van der Waals surface area contributed by atoms with Gasteiger partial charge in [-0.15, -0.1) is 0 Å². The molecule has 0 saturated heterocycles. The van der Waals surface area contributed by atoms with Crippen LogP contribution < -0.4 is 14.8 Å². The number of H-pyrrole nitrogens is 1. The minimum Gasteiger partial charge on any atom is -0.478 e. The zero-order valence-electron chi connectivity index (χ0n) is 11.1. The Bertz CT molecular complexity index is 735. The lowest BCUT2D eigenvalue weighted by atomic mass is 10.1. The zero-order valence-corrected chi connectivity index (χ0v) is 11.1. The van der Waals surface area contributed by atoms with E-state index in [9.17, 15) is 9.59 Å². The van der Waals surface area contributed by atoms with E-state index in [1.165, 1.54) is 6.20 Å². The minimum absolute atomic E-state index is 0.0455. The van der Waals surface area contributed by atoms with E-state index in [2.05, 4.69) is 10.3 Å². The maximum absolute atomic E-state index is 12.2. The van der Waals surface area contributed by atoms with Crippen LogP contribution in [-0.2, 0) is 0 Å². The molecule has 3 rings (SSSR count). The number of aryl methyl sites for hydroxylation is 1. The highest BCUT2D eigenvalue weighted by Crippen LogP contribution is 2.32. The molecule has 1 aliphatic rings. The van der Waals surface area contributed by atoms with Crippen LogP contribution in [-0.4, -0.2) is 28.8 Å². The predicted molar refractivity (Wildman–Crippen MR) is 73.0 cm³/mol. The van der Waals surface area contributed by atoms with Crippen LogP contribution in [0.3, 0.4) is 0 Å². The van der Waals surface area contributed by atoms with Crippen LogP contribution in [0.2, 0.25) is 0 Å². The van der Waals surface area contributed by atoms with Crippen molar-refractivity contribution in [3.8, 4) is 11.5 Å². The molecule has 108 valence electrons. The summed E-state index contributed by atoms with van der Waals surface area (Å²) in [5, 5.41) is 11.7. The molecule has 1 amide bonds. The molecule has 3 N–H and O–H groups in total. The quantitative estimate of drug-likeness (QED) is 0.802. The number of fused-ring (bicyclic) bond motifs is 1. The van der Waals surface area contributed by atoms with Gasteiger partial charge in [-0.05, 0) is 25.1 Å². The van der Waals surface area contributed by atoms with Crippen LogP contribution >= 0.6 is 0 Å². The van der Waals surface area contributed by atoms with E-state index in [-0.39, 0.29) is 18.0 Å². The largest absolute Gasteiger partial charge is 0.478 e. The highest BCUT2D eigenvalue weighted by molar-refractivity contribution is 6.08. The number of carboxylic acid groups (broad SMARTS) is 1. The molecule has 2 aromatic rings. The van der Waals surface area contributed by atoms with E-state index in [0.29, 0.717) is 22.8 Å². The number of aromatic nitrogens is 1. The van der Waals surface area contributed by atoms with E-state index >= 15 is 0 Å². The van der Waals surface area contributed by atoms with Crippen molar-refractivity contribution in [1.29, 1.82) is 0 Å². The van der Waals surface area contributed by atoms with Gasteiger partial charge in [0.2, 0.25) is 6.79 Å². The summed E-state index contributed by atoms with van der Waals surface area (Å²) in [5.41, 5.74) is 1.10. The molecule has 0 saturated carbocycles. The Kier molecular flexibility index (Phi) is 3.02. The van der Waals surface area contributed by atoms with Crippen molar-refractivity contribution in [2.45, 2.75) is 6.92 Å². The molecule has 0 fully saturated rings. The number of amides is 1. The Morgan fingerprint density at radius 1 is 1.29 bits per heavy atom. The number of aromatic carboxylic acids is 1. The summed E-state index contributed by atoms with van der Waals surface area (Å²) in [6, 6.07) is 4.78. The smallest absolute Gasteiger partial charge is 0.339 e. The molecule has 0 aliphatic carbocycles. The second-order valence-electron chi connectivity index (χ2n) is 4.53. The Balaban J connectivity index is 1.85. The predicted octanol–water partition coefficient (Wildman–Crippen LogP) is 2.00. The second-order valence-corrected chi connectivity index (χ2v) is 4.53. The number of carboxylic acids is 1. The molecule has 0 bridgehead atoms. The average Bonchev–Trinajstić information content (AvgIpc) is 3.04. The van der Waals surface area contributed by atoms with E-state index in [4.69, 9.17) is 14.6 Å². The molecular formula is C14H12N2O5. The molecule has 0 atom stereocenters. The van der Waals surface area contributed by atoms with Gasteiger partial charge in [-0.1, -0.05) is 0 Å². The van der Waals surface area contributed by atoms with Crippen molar-refractivity contribution in [1.82, 2.24) is 4.98 Å². The molecule has 0 unspecified atom stereocenters. The number of ether oxygens (including phenoxy) is 2. The highest BCUT2D eigenvalue weighted by Gasteiger charge is 2.20. The van der Waals surface area contributed by atoms with E-state index in [1.54, 1.807) is 25.1 Å². The SMILES string of the molecule is Cc1[nH]cc(NC(=O)c2ccc3c(c2)OCO3)c1C(=O)O. The molecule has 7 heteroatoms. The number of carbonyl (C=O) groups excluding carboxylic acids is 1. The number of hydrogen-bond donors (Lipinski definition) is 3. The third-order valence-corrected chi connectivity index (χ3v) is 3.17. The van der Waals surface area contributed by atoms with Gasteiger partial charge in [0, 0.05) is 17.5 Å². The average molecular weight is 288 g/mol. The Morgan fingerprint density at radius 2 is 2.05 bits per heavy atom. The first-order chi connectivity index (χ1) is 10.1. The normalized spacial score (nSPS) is 12.2. The Morgan fingerprint density at radius 3 is 2.81 bits per heavy atom. The molecular weight excluding hydrogens is 276 g/mol. The van der Waals surface area contributed by atoms with Crippen molar-refractivity contribution in [3.05, 3.63) is 41.2 Å². The van der Waals surface area contributed by atoms with Gasteiger partial charge in [0.25, 0.3) is 5.91 Å². The maximum atomic E-state index is 12.2. The van der Waals surface area contributed by atoms with Crippen LogP contribution in [0, 0.1) is 6.92 Å². The summed E-state index contributed by atoms with van der Waals surface area (Å²) in [7, 11) is 0. The van der Waals surface area contributed by atoms with Gasteiger partial charge in [0.05, 0.1) is 5.69 Å². The van der Waals surface area contributed by atoms with E-state index in [0.717, 1.165) is 0 Å². The van der Waals surface area contributed by atoms with Crippen LogP contribution in [0.5, 0.6) is 11.5 Å². The van der Waals surface area contributed by atoms with Crippen molar-refractivity contribution in [2.24, 2.45) is 0 Å². The molecule has 1 aliphatic heterocycles. The standard InChI is InChI=1S/C14H12N2O5/c1-7-12(14(18)19)9(5-15-7)16-13(17)8-2-3-10-11(4-8)21-6-20-10/h2-5,15H,6H2,1H3,(H,16,17)(H,18,19). The van der Waals surface area contributed by atoms with Gasteiger partial charge in [-0.3, -0.25) is 4.79 Å². The molecule has 7 nitrogen and oxygen atoms in total. The number of anilines is 1. The number of rotatable bonds is 3. The first-order valence-electron chi connectivity index (χ1n) is 6.18. The third kappa shape index (κ3) is 2.29. The number of aromatic amines is 1. The number of benzene rings is 1. The highest BCUT2D eigenvalue weighted by atomic mass is 16.7. The molecule has 1 aromatic carbocycles. The lowest BCUT2D eigenvalue weighted by Gasteiger charge is -2.05. The van der Waals surface area contributed by atoms with Crippen LogP contribution in [0.1, 0.15) is 26.4 Å². The monoisotopic (exact) mass is 288 g/mol. The number of carbonyl (C=O) groups is 2. The Hall–Kier alpha value is -2.96. The fourth-order valence-electron chi connectivity index (χ4n) is 2.13. The number of hydrogen-bond acceptors (Lipinski definition) is 4. The summed E-state index contributed by atoms with van der Waals surface area (Å²) in [5.74, 6) is -0.453. The minimum atomic E-state index is -1.10. The zero-order chi connectivity index (χ0) is 15.0. The van der Waals surface area contributed by atoms with Crippen molar-refractivity contribution in [3.63, 3.8) is 0 Å². The maximum Gasteiger partial charge on any atom is 0.339 e. The lowest BCUT2D eigenvalue weighted by Crippen LogP contribution is -2.14. The molecule has 0 spiro atoms. The first kappa shape index (κ1) is 13.0. The Labute approximate surface area is 119 Å². The first-order valence-corrected chi connectivity index (χ1v) is 6.18. The second kappa shape index (κ2) is 4.86. The van der Waals surface area contributed by atoms with Crippen LogP contribution in [0.15, 0.2) is 24.4 Å². The summed E-state index contributed by atoms with van der Waals surface area (Å²) in [4.78, 5) is 26.1. The molecule has 1 aromatic heterocycles. The fourth-order valence-corrected chi connectivity index (χ4v) is 2.13. The summed E-state index contributed by atoms with van der Waals surface area (Å²) in [6.45, 7) is 1.75. The molecule has 21 heavy (non-hydrogen) atoms. The van der Waals surface area contributed by atoms with Gasteiger partial charge < -0.3 is 24.9 Å². The van der Waals surface area contributed by atoms with Gasteiger partial charge in [0.1, 0.15) is 5.56 Å². The number of nitrogens with one attached hydrogen (secondary N) is 2. The summed E-state index contributed by atoms with van der Waals surface area (Å²) in [6.07, 6.45) is 1.45. The van der Waals surface area contributed by atoms with E-state index < -0.39 is 11.9 Å². The van der Waals surface area contributed by atoms with Gasteiger partial charge in [-0.25, -0.2) is 4.79 Å². The van der Waals surface area contributed by atoms with Gasteiger partial charge in [-0.2, -0.15) is 0 Å². The van der Waals surface area contributed by atoms with Gasteiger partial charge in [0.15, 0.2) is 11.5 Å². The van der Waals surface area contributed by atoms with E-state index in [1.807, 2.05) is 0 Å². The fraction of sp³-hybridized carbons (Fsp3) is 0.143. The summed E-state index contributed by atoms with van der Waals surface area (Å²) >= 11 is 0. The van der Waals surface area contributed by atoms with Crippen LogP contribution in [0.25, 0.3) is 0 Å². The third-order valence-electron chi connectivity index (χ3n) is 3.17. The molecule has 2 heterocycles. The lowest BCUT2D eigenvalue weighted by molar-refractivity contribution is 0.0697.